The number of hydrogen-bond donors (Lipinski definition) is 1. The van der Waals surface area contributed by atoms with Crippen molar-refractivity contribution in [3.63, 3.8) is 0 Å². The van der Waals surface area contributed by atoms with Gasteiger partial charge < -0.3 is 15.1 Å². The van der Waals surface area contributed by atoms with Gasteiger partial charge in [0, 0.05) is 36.9 Å². The number of carbonyl (C=O) groups is 2. The van der Waals surface area contributed by atoms with E-state index in [1.54, 1.807) is 15.9 Å². The predicted molar refractivity (Wildman–Crippen MR) is 78.9 cm³/mol. The lowest BCUT2D eigenvalue weighted by Gasteiger charge is -2.32. The smallest absolute Gasteiger partial charge is 0.241 e. The second-order valence-corrected chi connectivity index (χ2v) is 5.27. The Morgan fingerprint density at radius 1 is 1.35 bits per heavy atom. The van der Waals surface area contributed by atoms with E-state index in [1.165, 1.54) is 0 Å². The highest BCUT2D eigenvalue weighted by Crippen LogP contribution is 2.19. The molecule has 1 fully saturated rings. The van der Waals surface area contributed by atoms with E-state index in [0.717, 1.165) is 17.7 Å². The number of halogens is 1. The fourth-order valence-electron chi connectivity index (χ4n) is 2.18. The van der Waals surface area contributed by atoms with E-state index >= 15 is 0 Å². The third kappa shape index (κ3) is 3.63. The van der Waals surface area contributed by atoms with Gasteiger partial charge in [0.25, 0.3) is 0 Å². The fourth-order valence-corrected chi connectivity index (χ4v) is 2.41. The molecular formula is C14H18ClN3O2. The van der Waals surface area contributed by atoms with Crippen molar-refractivity contribution in [2.45, 2.75) is 6.92 Å². The number of rotatable bonds is 4. The average Bonchev–Trinajstić information content (AvgIpc) is 2.46. The van der Waals surface area contributed by atoms with Gasteiger partial charge in [-0.3, -0.25) is 9.59 Å². The van der Waals surface area contributed by atoms with Gasteiger partial charge in [-0.05, 0) is 30.7 Å². The summed E-state index contributed by atoms with van der Waals surface area (Å²) in [5.74, 6) is 0.0462. The van der Waals surface area contributed by atoms with Crippen molar-refractivity contribution in [1.82, 2.24) is 9.80 Å². The SMILES string of the molecule is Cc1cc(Cl)ccc1NCC(=O)N1CCN(C=O)CC1. The molecule has 6 heteroatoms. The number of hydrogen-bond acceptors (Lipinski definition) is 3. The number of amides is 2. The Morgan fingerprint density at radius 3 is 2.65 bits per heavy atom. The van der Waals surface area contributed by atoms with Crippen LogP contribution in [0.2, 0.25) is 5.02 Å². The van der Waals surface area contributed by atoms with Crippen LogP contribution < -0.4 is 5.32 Å². The first-order chi connectivity index (χ1) is 9.60. The number of benzene rings is 1. The highest BCUT2D eigenvalue weighted by atomic mass is 35.5. The Bertz CT molecular complexity index is 499. The van der Waals surface area contributed by atoms with Crippen LogP contribution in [0.3, 0.4) is 0 Å². The lowest BCUT2D eigenvalue weighted by atomic mass is 10.2. The van der Waals surface area contributed by atoms with Gasteiger partial charge in [-0.25, -0.2) is 0 Å². The Hall–Kier alpha value is -1.75. The van der Waals surface area contributed by atoms with E-state index in [9.17, 15) is 9.59 Å². The molecule has 2 amide bonds. The predicted octanol–water partition coefficient (Wildman–Crippen LogP) is 1.36. The minimum Gasteiger partial charge on any atom is -0.376 e. The Morgan fingerprint density at radius 2 is 2.05 bits per heavy atom. The molecule has 1 saturated heterocycles. The molecule has 0 bridgehead atoms. The third-order valence-corrected chi connectivity index (χ3v) is 3.67. The van der Waals surface area contributed by atoms with Crippen molar-refractivity contribution in [3.05, 3.63) is 28.8 Å². The van der Waals surface area contributed by atoms with Gasteiger partial charge in [0.1, 0.15) is 0 Å². The molecule has 0 aliphatic carbocycles. The average molecular weight is 296 g/mol. The van der Waals surface area contributed by atoms with Gasteiger partial charge in [-0.2, -0.15) is 0 Å². The van der Waals surface area contributed by atoms with Crippen LogP contribution in [0, 0.1) is 6.92 Å². The van der Waals surface area contributed by atoms with Crippen LogP contribution in [-0.4, -0.2) is 54.8 Å². The van der Waals surface area contributed by atoms with Gasteiger partial charge in [0.2, 0.25) is 12.3 Å². The number of piperazine rings is 1. The molecule has 1 N–H and O–H groups in total. The maximum absolute atomic E-state index is 12.1. The summed E-state index contributed by atoms with van der Waals surface area (Å²) >= 11 is 5.89. The maximum atomic E-state index is 12.1. The summed E-state index contributed by atoms with van der Waals surface area (Å²) in [6.07, 6.45) is 0.830. The van der Waals surface area contributed by atoms with E-state index in [2.05, 4.69) is 5.32 Å². The van der Waals surface area contributed by atoms with Gasteiger partial charge >= 0.3 is 0 Å². The summed E-state index contributed by atoms with van der Waals surface area (Å²) in [6, 6.07) is 5.52. The molecule has 0 aromatic heterocycles. The first-order valence-corrected chi connectivity index (χ1v) is 6.95. The topological polar surface area (TPSA) is 52.7 Å². The van der Waals surface area contributed by atoms with Crippen molar-refractivity contribution < 1.29 is 9.59 Å². The number of nitrogens with zero attached hydrogens (tertiary/aromatic N) is 2. The first-order valence-electron chi connectivity index (χ1n) is 6.57. The number of aryl methyl sites for hydroxylation is 1. The van der Waals surface area contributed by atoms with Gasteiger partial charge in [0.15, 0.2) is 0 Å². The van der Waals surface area contributed by atoms with E-state index < -0.39 is 0 Å². The highest BCUT2D eigenvalue weighted by Gasteiger charge is 2.19. The van der Waals surface area contributed by atoms with Gasteiger partial charge in [-0.15, -0.1) is 0 Å². The van der Waals surface area contributed by atoms with Crippen LogP contribution in [-0.2, 0) is 9.59 Å². The van der Waals surface area contributed by atoms with Crippen LogP contribution in [0.4, 0.5) is 5.69 Å². The summed E-state index contributed by atoms with van der Waals surface area (Å²) in [6.45, 7) is 4.60. The maximum Gasteiger partial charge on any atom is 0.241 e. The molecule has 0 atom stereocenters. The van der Waals surface area contributed by atoms with Gasteiger partial charge in [-0.1, -0.05) is 11.6 Å². The monoisotopic (exact) mass is 295 g/mol. The van der Waals surface area contributed by atoms with Crippen LogP contribution in [0.5, 0.6) is 0 Å². The molecule has 0 spiro atoms. The molecule has 1 heterocycles. The van der Waals surface area contributed by atoms with Crippen molar-refractivity contribution in [1.29, 1.82) is 0 Å². The highest BCUT2D eigenvalue weighted by molar-refractivity contribution is 6.30. The van der Waals surface area contributed by atoms with E-state index in [-0.39, 0.29) is 12.5 Å². The van der Waals surface area contributed by atoms with Crippen LogP contribution in [0.25, 0.3) is 0 Å². The standard InChI is InChI=1S/C14H18ClN3O2/c1-11-8-12(15)2-3-13(11)16-9-14(20)18-6-4-17(10-19)5-7-18/h2-3,8,10,16H,4-7,9H2,1H3. The van der Waals surface area contributed by atoms with Crippen molar-refractivity contribution >= 4 is 29.6 Å². The summed E-state index contributed by atoms with van der Waals surface area (Å²) in [4.78, 5) is 26.1. The Kier molecular flexibility index (Phi) is 4.84. The minimum absolute atomic E-state index is 0.0462. The lowest BCUT2D eigenvalue weighted by Crippen LogP contribution is -2.49. The third-order valence-electron chi connectivity index (χ3n) is 3.43. The van der Waals surface area contributed by atoms with Crippen molar-refractivity contribution in [3.8, 4) is 0 Å². The molecule has 1 aromatic rings. The van der Waals surface area contributed by atoms with Crippen LogP contribution in [0.15, 0.2) is 18.2 Å². The normalized spacial score (nSPS) is 15.1. The molecule has 1 aliphatic heterocycles. The summed E-state index contributed by atoms with van der Waals surface area (Å²) in [5, 5.41) is 3.81. The van der Waals surface area contributed by atoms with E-state index in [0.29, 0.717) is 31.2 Å². The molecule has 1 aromatic carbocycles. The minimum atomic E-state index is 0.0462. The quantitative estimate of drug-likeness (QED) is 0.854. The van der Waals surface area contributed by atoms with Crippen molar-refractivity contribution in [2.24, 2.45) is 0 Å². The first kappa shape index (κ1) is 14.7. The van der Waals surface area contributed by atoms with E-state index in [1.807, 2.05) is 19.1 Å². The molecular weight excluding hydrogens is 278 g/mol. The number of nitrogens with one attached hydrogen (secondary N) is 1. The summed E-state index contributed by atoms with van der Waals surface area (Å²) in [7, 11) is 0. The summed E-state index contributed by atoms with van der Waals surface area (Å²) < 4.78 is 0. The molecule has 2 rings (SSSR count). The molecule has 108 valence electrons. The zero-order valence-corrected chi connectivity index (χ0v) is 12.2. The number of anilines is 1. The van der Waals surface area contributed by atoms with E-state index in [4.69, 9.17) is 11.6 Å². The fraction of sp³-hybridized carbons (Fsp3) is 0.429. The molecule has 0 radical (unpaired) electrons. The Labute approximate surface area is 123 Å². The van der Waals surface area contributed by atoms with Crippen molar-refractivity contribution in [2.75, 3.05) is 38.0 Å². The summed E-state index contributed by atoms with van der Waals surface area (Å²) in [5.41, 5.74) is 1.92. The zero-order chi connectivity index (χ0) is 14.5. The molecule has 20 heavy (non-hydrogen) atoms. The molecule has 1 aliphatic rings. The van der Waals surface area contributed by atoms with Gasteiger partial charge in [0.05, 0.1) is 6.54 Å². The largest absolute Gasteiger partial charge is 0.376 e. The second kappa shape index (κ2) is 6.61. The zero-order valence-electron chi connectivity index (χ0n) is 11.4. The second-order valence-electron chi connectivity index (χ2n) is 4.83. The molecule has 0 saturated carbocycles. The molecule has 5 nitrogen and oxygen atoms in total. The number of carbonyl (C=O) groups excluding carboxylic acids is 2. The van der Waals surface area contributed by atoms with Crippen LogP contribution >= 0.6 is 11.6 Å². The Balaban J connectivity index is 1.85. The lowest BCUT2D eigenvalue weighted by molar-refractivity contribution is -0.133. The van der Waals surface area contributed by atoms with Crippen LogP contribution in [0.1, 0.15) is 5.56 Å². The molecule has 0 unspecified atom stereocenters.